The number of carboxylic acids is 1. The Labute approximate surface area is 170 Å². The average Bonchev–Trinajstić information content (AvgIpc) is 3.01. The van der Waals surface area contributed by atoms with Crippen LogP contribution in [0.5, 0.6) is 5.75 Å². The van der Waals surface area contributed by atoms with Gasteiger partial charge in [-0.3, -0.25) is 4.79 Å². The molecule has 0 radical (unpaired) electrons. The molecule has 1 aromatic rings. The first-order valence-corrected chi connectivity index (χ1v) is 9.74. The van der Waals surface area contributed by atoms with Crippen LogP contribution in [0.25, 0.3) is 0 Å². The Bertz CT molecular complexity index is 675. The quantitative estimate of drug-likeness (QED) is 0.485. The predicted molar refractivity (Wildman–Crippen MR) is 107 cm³/mol. The van der Waals surface area contributed by atoms with Gasteiger partial charge >= 0.3 is 5.97 Å². The maximum atomic E-state index is 10.5. The summed E-state index contributed by atoms with van der Waals surface area (Å²) in [5, 5.41) is 29.4. The first-order chi connectivity index (χ1) is 13.5. The van der Waals surface area contributed by atoms with E-state index in [9.17, 15) is 15.0 Å². The number of aliphatic carboxylic acids is 1. The normalized spacial score (nSPS) is 23.5. The Kier molecular flexibility index (Phi) is 9.50. The molecule has 2 rings (SSSR count). The van der Waals surface area contributed by atoms with Crippen molar-refractivity contribution in [1.29, 1.82) is 0 Å². The van der Waals surface area contributed by atoms with E-state index in [-0.39, 0.29) is 31.7 Å². The summed E-state index contributed by atoms with van der Waals surface area (Å²) >= 11 is 5.89. The highest BCUT2D eigenvalue weighted by Gasteiger charge is 2.33. The van der Waals surface area contributed by atoms with Gasteiger partial charge < -0.3 is 24.8 Å². The van der Waals surface area contributed by atoms with Gasteiger partial charge in [-0.25, -0.2) is 0 Å². The minimum Gasteiger partial charge on any atom is -0.491 e. The molecular weight excluding hydrogens is 384 g/mol. The van der Waals surface area contributed by atoms with Gasteiger partial charge in [0.1, 0.15) is 18.5 Å². The number of aliphatic hydroxyl groups is 2. The maximum absolute atomic E-state index is 10.5. The number of aliphatic hydroxyl groups excluding tert-OH is 2. The molecule has 0 amide bonds. The van der Waals surface area contributed by atoms with Crippen molar-refractivity contribution in [1.82, 2.24) is 0 Å². The van der Waals surface area contributed by atoms with Gasteiger partial charge in [-0.2, -0.15) is 0 Å². The molecule has 1 aromatic carbocycles. The number of allylic oxidation sites excluding steroid dienone is 2. The highest BCUT2D eigenvalue weighted by atomic mass is 35.5. The van der Waals surface area contributed by atoms with Gasteiger partial charge in [0, 0.05) is 17.4 Å². The van der Waals surface area contributed by atoms with Crippen LogP contribution in [0.1, 0.15) is 25.7 Å². The number of halogens is 1. The molecule has 154 valence electrons. The van der Waals surface area contributed by atoms with Crippen LogP contribution >= 0.6 is 11.6 Å². The fraction of sp³-hybridized carbons (Fsp3) is 0.476. The third-order valence-corrected chi connectivity index (χ3v) is 4.71. The van der Waals surface area contributed by atoms with Crippen molar-refractivity contribution in [2.75, 3.05) is 13.2 Å². The van der Waals surface area contributed by atoms with Crippen molar-refractivity contribution < 1.29 is 29.6 Å². The molecule has 7 heteroatoms. The lowest BCUT2D eigenvalue weighted by Gasteiger charge is -2.17. The van der Waals surface area contributed by atoms with Crippen molar-refractivity contribution in [3.8, 4) is 5.75 Å². The minimum absolute atomic E-state index is 0.0681. The average molecular weight is 411 g/mol. The SMILES string of the molecule is O=C(O)CC/C=C\CC[C@H]1[C@@H](O)CO[C@@H]1/C=C/[C@@H](O)COc1cccc(Cl)c1. The fourth-order valence-electron chi connectivity index (χ4n) is 2.99. The van der Waals surface area contributed by atoms with Gasteiger partial charge in [-0.1, -0.05) is 42.0 Å². The topological polar surface area (TPSA) is 96.2 Å². The number of ether oxygens (including phenoxy) is 2. The molecular formula is C21H27ClO6. The molecule has 1 fully saturated rings. The lowest BCUT2D eigenvalue weighted by atomic mass is 9.93. The second-order valence-electron chi connectivity index (χ2n) is 6.73. The van der Waals surface area contributed by atoms with E-state index >= 15 is 0 Å². The van der Waals surface area contributed by atoms with Crippen LogP contribution in [0.2, 0.25) is 5.02 Å². The molecule has 3 N–H and O–H groups in total. The van der Waals surface area contributed by atoms with Crippen molar-refractivity contribution in [2.45, 2.75) is 44.0 Å². The monoisotopic (exact) mass is 410 g/mol. The summed E-state index contributed by atoms with van der Waals surface area (Å²) in [6, 6.07) is 6.95. The number of benzene rings is 1. The molecule has 1 aliphatic rings. The largest absolute Gasteiger partial charge is 0.491 e. The van der Waals surface area contributed by atoms with E-state index in [1.165, 1.54) is 0 Å². The Morgan fingerprint density at radius 1 is 1.36 bits per heavy atom. The number of carbonyl (C=O) groups is 1. The van der Waals surface area contributed by atoms with E-state index in [0.29, 0.717) is 17.2 Å². The molecule has 0 aromatic heterocycles. The summed E-state index contributed by atoms with van der Waals surface area (Å²) in [7, 11) is 0. The lowest BCUT2D eigenvalue weighted by Crippen LogP contribution is -2.23. The van der Waals surface area contributed by atoms with Gasteiger partial charge in [-0.05, 0) is 37.5 Å². The third kappa shape index (κ3) is 8.02. The van der Waals surface area contributed by atoms with Crippen molar-refractivity contribution in [3.63, 3.8) is 0 Å². The number of hydrogen-bond donors (Lipinski definition) is 3. The smallest absolute Gasteiger partial charge is 0.303 e. The van der Waals surface area contributed by atoms with Gasteiger partial charge in [0.2, 0.25) is 0 Å². The molecule has 4 atom stereocenters. The van der Waals surface area contributed by atoms with Crippen LogP contribution in [0.15, 0.2) is 48.6 Å². The molecule has 1 heterocycles. The zero-order valence-electron chi connectivity index (χ0n) is 15.6. The van der Waals surface area contributed by atoms with Gasteiger partial charge in [0.25, 0.3) is 0 Å². The molecule has 0 unspecified atom stereocenters. The molecule has 0 saturated carbocycles. The third-order valence-electron chi connectivity index (χ3n) is 4.47. The number of rotatable bonds is 11. The van der Waals surface area contributed by atoms with Crippen LogP contribution in [0.4, 0.5) is 0 Å². The standard InChI is InChI=1S/C21H27ClO6/c22-15-6-5-7-17(12-15)27-13-16(23)10-11-20-18(19(24)14-28-20)8-3-1-2-4-9-21(25)26/h1-2,5-7,10-12,16,18-20,23-24H,3-4,8-9,13-14H2,(H,25,26)/b2-1-,11-10+/t16-,18+,19+,20-/m1/s1. The van der Waals surface area contributed by atoms with E-state index in [4.69, 9.17) is 26.2 Å². The zero-order chi connectivity index (χ0) is 20.4. The first-order valence-electron chi connectivity index (χ1n) is 9.37. The number of hydrogen-bond acceptors (Lipinski definition) is 5. The number of carboxylic acid groups (broad SMARTS) is 1. The highest BCUT2D eigenvalue weighted by molar-refractivity contribution is 6.30. The van der Waals surface area contributed by atoms with Crippen molar-refractivity contribution in [2.24, 2.45) is 5.92 Å². The summed E-state index contributed by atoms with van der Waals surface area (Å²) in [5.74, 6) is -0.297. The molecule has 0 spiro atoms. The second kappa shape index (κ2) is 11.9. The molecule has 6 nitrogen and oxygen atoms in total. The second-order valence-corrected chi connectivity index (χ2v) is 7.17. The summed E-state index contributed by atoms with van der Waals surface area (Å²) in [4.78, 5) is 10.5. The summed E-state index contributed by atoms with van der Waals surface area (Å²) < 4.78 is 11.1. The van der Waals surface area contributed by atoms with Gasteiger partial charge in [0.15, 0.2) is 0 Å². The highest BCUT2D eigenvalue weighted by Crippen LogP contribution is 2.27. The van der Waals surface area contributed by atoms with Crippen LogP contribution in [-0.4, -0.2) is 52.8 Å². The lowest BCUT2D eigenvalue weighted by molar-refractivity contribution is -0.136. The fourth-order valence-corrected chi connectivity index (χ4v) is 3.17. The van der Waals surface area contributed by atoms with E-state index in [1.54, 1.807) is 36.4 Å². The maximum Gasteiger partial charge on any atom is 0.303 e. The van der Waals surface area contributed by atoms with Gasteiger partial charge in [-0.15, -0.1) is 0 Å². The van der Waals surface area contributed by atoms with E-state index in [1.807, 2.05) is 12.2 Å². The zero-order valence-corrected chi connectivity index (χ0v) is 16.4. The van der Waals surface area contributed by atoms with Gasteiger partial charge in [0.05, 0.1) is 18.8 Å². The summed E-state index contributed by atoms with van der Waals surface area (Å²) in [6.45, 7) is 0.348. The Morgan fingerprint density at radius 3 is 2.89 bits per heavy atom. The van der Waals surface area contributed by atoms with Crippen LogP contribution < -0.4 is 4.74 Å². The molecule has 1 saturated heterocycles. The van der Waals surface area contributed by atoms with E-state index < -0.39 is 18.2 Å². The van der Waals surface area contributed by atoms with Crippen molar-refractivity contribution in [3.05, 3.63) is 53.6 Å². The van der Waals surface area contributed by atoms with E-state index in [2.05, 4.69) is 0 Å². The Balaban J connectivity index is 1.76. The Hall–Kier alpha value is -1.86. The van der Waals surface area contributed by atoms with E-state index in [0.717, 1.165) is 12.8 Å². The van der Waals surface area contributed by atoms with Crippen molar-refractivity contribution >= 4 is 17.6 Å². The molecule has 0 bridgehead atoms. The van der Waals surface area contributed by atoms with Crippen LogP contribution in [0.3, 0.4) is 0 Å². The minimum atomic E-state index is -0.813. The summed E-state index contributed by atoms with van der Waals surface area (Å²) in [5.41, 5.74) is 0. The molecule has 28 heavy (non-hydrogen) atoms. The summed E-state index contributed by atoms with van der Waals surface area (Å²) in [6.07, 6.45) is 7.59. The molecule has 0 aliphatic carbocycles. The van der Waals surface area contributed by atoms with Crippen LogP contribution in [-0.2, 0) is 9.53 Å². The predicted octanol–water partition coefficient (Wildman–Crippen LogP) is 3.21. The Morgan fingerprint density at radius 2 is 2.14 bits per heavy atom. The van der Waals surface area contributed by atoms with Crippen LogP contribution in [0, 0.1) is 5.92 Å². The first kappa shape index (κ1) is 22.4. The molecule has 1 aliphatic heterocycles.